The van der Waals surface area contributed by atoms with E-state index in [-0.39, 0.29) is 5.91 Å². The quantitative estimate of drug-likeness (QED) is 0.150. The number of aryl methyl sites for hydroxylation is 1. The number of aromatic nitrogens is 3. The number of hydrogen-bond donors (Lipinski definition) is 0. The zero-order valence-corrected chi connectivity index (χ0v) is 24.5. The lowest BCUT2D eigenvalue weighted by molar-refractivity contribution is -0.129. The van der Waals surface area contributed by atoms with Crippen molar-refractivity contribution in [3.8, 4) is 34.3 Å². The van der Waals surface area contributed by atoms with E-state index in [1.54, 1.807) is 38.0 Å². The summed E-state index contributed by atoms with van der Waals surface area (Å²) in [6.45, 7) is 2.69. The van der Waals surface area contributed by atoms with Gasteiger partial charge in [0.15, 0.2) is 22.5 Å². The van der Waals surface area contributed by atoms with E-state index in [2.05, 4.69) is 41.4 Å². The Labute approximate surface area is 240 Å². The van der Waals surface area contributed by atoms with E-state index in [0.29, 0.717) is 24.5 Å². The first-order valence-electron chi connectivity index (χ1n) is 13.2. The average molecular weight is 561 g/mol. The first-order chi connectivity index (χ1) is 19.4. The van der Waals surface area contributed by atoms with Gasteiger partial charge in [-0.05, 0) is 49.6 Å². The zero-order chi connectivity index (χ0) is 28.5. The minimum Gasteiger partial charge on any atom is -0.495 e. The number of carbonyl (C=O) groups is 1. The van der Waals surface area contributed by atoms with Crippen LogP contribution in [0.2, 0.25) is 0 Å². The highest BCUT2D eigenvalue weighted by atomic mass is 32.2. The number of nitrogens with zero attached hydrogens (tertiary/aromatic N) is 4. The lowest BCUT2D eigenvalue weighted by Crippen LogP contribution is -2.28. The highest BCUT2D eigenvalue weighted by Crippen LogP contribution is 2.33. The Balaban J connectivity index is 1.38. The lowest BCUT2D eigenvalue weighted by Gasteiger charge is -2.18. The maximum Gasteiger partial charge on any atom is 0.222 e. The highest BCUT2D eigenvalue weighted by Gasteiger charge is 2.19. The smallest absolute Gasteiger partial charge is 0.222 e. The Morgan fingerprint density at radius 1 is 0.900 bits per heavy atom. The van der Waals surface area contributed by atoms with Crippen LogP contribution in [0.4, 0.5) is 0 Å². The van der Waals surface area contributed by atoms with Gasteiger partial charge in [0.1, 0.15) is 5.75 Å². The second-order valence-corrected chi connectivity index (χ2v) is 10.4. The molecule has 9 heteroatoms. The van der Waals surface area contributed by atoms with Crippen LogP contribution >= 0.6 is 11.8 Å². The van der Waals surface area contributed by atoms with Crippen molar-refractivity contribution < 1.29 is 19.0 Å². The van der Waals surface area contributed by atoms with Gasteiger partial charge < -0.3 is 19.1 Å². The number of ether oxygens (including phenoxy) is 3. The minimum atomic E-state index is 0.118. The van der Waals surface area contributed by atoms with E-state index in [4.69, 9.17) is 14.2 Å². The average Bonchev–Trinajstić information content (AvgIpc) is 3.41. The summed E-state index contributed by atoms with van der Waals surface area (Å²) in [5.74, 6) is 3.73. The predicted molar refractivity (Wildman–Crippen MR) is 159 cm³/mol. The largest absolute Gasteiger partial charge is 0.495 e. The van der Waals surface area contributed by atoms with Crippen molar-refractivity contribution in [1.29, 1.82) is 0 Å². The Hall–Kier alpha value is -3.98. The van der Waals surface area contributed by atoms with Gasteiger partial charge in [-0.1, -0.05) is 59.8 Å². The third-order valence-electron chi connectivity index (χ3n) is 6.64. The van der Waals surface area contributed by atoms with Gasteiger partial charge in [-0.15, -0.1) is 10.2 Å². The summed E-state index contributed by atoms with van der Waals surface area (Å²) in [6, 6.07) is 21.9. The summed E-state index contributed by atoms with van der Waals surface area (Å²) < 4.78 is 18.4. The van der Waals surface area contributed by atoms with Crippen LogP contribution in [-0.4, -0.2) is 66.2 Å². The summed E-state index contributed by atoms with van der Waals surface area (Å²) in [7, 11) is 6.75. The van der Waals surface area contributed by atoms with Crippen LogP contribution in [0.25, 0.3) is 17.1 Å². The third kappa shape index (κ3) is 6.96. The van der Waals surface area contributed by atoms with Gasteiger partial charge in [-0.25, -0.2) is 0 Å². The summed E-state index contributed by atoms with van der Waals surface area (Å²) >= 11 is 1.59. The number of carbonyl (C=O) groups excluding carboxylic acids is 1. The Kier molecular flexibility index (Phi) is 10.1. The molecule has 1 amide bonds. The molecule has 0 aliphatic heterocycles. The lowest BCUT2D eigenvalue weighted by atomic mass is 10.1. The molecule has 1 heterocycles. The van der Waals surface area contributed by atoms with Crippen LogP contribution in [0.15, 0.2) is 71.9 Å². The van der Waals surface area contributed by atoms with Crippen LogP contribution in [0, 0.1) is 6.92 Å². The van der Waals surface area contributed by atoms with Gasteiger partial charge in [-0.2, -0.15) is 0 Å². The number of thioether (sulfide) groups is 1. The molecule has 40 heavy (non-hydrogen) atoms. The molecule has 3 aromatic carbocycles. The molecule has 0 unspecified atom stereocenters. The van der Waals surface area contributed by atoms with Gasteiger partial charge in [-0.3, -0.25) is 9.36 Å². The number of benzene rings is 3. The normalized spacial score (nSPS) is 10.8. The standard InChI is InChI=1S/C31H36N4O4S/c1-22-12-15-24(16-13-22)30-32-33-31(35(30)25-9-6-7-10-26(25)37-3)40-20-8-11-29(36)34(2)19-18-23-14-17-27(38-4)28(21-23)39-5/h6-7,9-10,12-17,21H,8,11,18-20H2,1-5H3. The summed E-state index contributed by atoms with van der Waals surface area (Å²) in [5.41, 5.74) is 4.12. The van der Waals surface area contributed by atoms with Gasteiger partial charge in [0.2, 0.25) is 5.91 Å². The van der Waals surface area contributed by atoms with Crippen molar-refractivity contribution in [2.75, 3.05) is 40.7 Å². The van der Waals surface area contributed by atoms with Crippen LogP contribution in [0.1, 0.15) is 24.0 Å². The van der Waals surface area contributed by atoms with Gasteiger partial charge >= 0.3 is 0 Å². The second-order valence-electron chi connectivity index (χ2n) is 9.39. The van der Waals surface area contributed by atoms with Crippen molar-refractivity contribution >= 4 is 17.7 Å². The van der Waals surface area contributed by atoms with E-state index in [0.717, 1.165) is 52.1 Å². The van der Waals surface area contributed by atoms with E-state index in [1.807, 2.05) is 54.1 Å². The monoisotopic (exact) mass is 560 g/mol. The van der Waals surface area contributed by atoms with Crippen LogP contribution in [-0.2, 0) is 11.2 Å². The van der Waals surface area contributed by atoms with Gasteiger partial charge in [0, 0.05) is 31.3 Å². The van der Waals surface area contributed by atoms with Crippen LogP contribution in [0.3, 0.4) is 0 Å². The molecule has 1 aromatic heterocycles. The van der Waals surface area contributed by atoms with Crippen molar-refractivity contribution in [1.82, 2.24) is 19.7 Å². The SMILES string of the molecule is COc1ccc(CCN(C)C(=O)CCCSc2nnc(-c3ccc(C)cc3)n2-c2ccccc2OC)cc1OC. The molecule has 0 spiro atoms. The van der Waals surface area contributed by atoms with Crippen molar-refractivity contribution in [2.45, 2.75) is 31.3 Å². The number of likely N-dealkylation sites (N-methyl/N-ethyl adjacent to an activating group) is 1. The molecule has 0 radical (unpaired) electrons. The summed E-state index contributed by atoms with van der Waals surface area (Å²) in [4.78, 5) is 14.6. The third-order valence-corrected chi connectivity index (χ3v) is 7.66. The zero-order valence-electron chi connectivity index (χ0n) is 23.7. The fourth-order valence-electron chi connectivity index (χ4n) is 4.32. The second kappa shape index (κ2) is 13.9. The molecule has 0 aliphatic rings. The first-order valence-corrected chi connectivity index (χ1v) is 14.2. The Morgan fingerprint density at radius 2 is 1.62 bits per heavy atom. The molecular formula is C31H36N4O4S. The van der Waals surface area contributed by atoms with Crippen molar-refractivity contribution in [2.24, 2.45) is 0 Å². The molecule has 0 N–H and O–H groups in total. The number of hydrogen-bond acceptors (Lipinski definition) is 7. The molecule has 0 fully saturated rings. The maximum absolute atomic E-state index is 12.8. The van der Waals surface area contributed by atoms with Gasteiger partial charge in [0.05, 0.1) is 27.0 Å². The molecule has 0 bridgehead atoms. The molecule has 4 rings (SSSR count). The summed E-state index contributed by atoms with van der Waals surface area (Å²) in [6.07, 6.45) is 1.92. The predicted octanol–water partition coefficient (Wildman–Crippen LogP) is 5.84. The Bertz CT molecular complexity index is 1420. The van der Waals surface area contributed by atoms with E-state index in [9.17, 15) is 4.79 Å². The molecule has 0 saturated carbocycles. The molecule has 210 valence electrons. The van der Waals surface area contributed by atoms with Crippen molar-refractivity contribution in [3.63, 3.8) is 0 Å². The first kappa shape index (κ1) is 29.0. The molecular weight excluding hydrogens is 524 g/mol. The van der Waals surface area contributed by atoms with Crippen molar-refractivity contribution in [3.05, 3.63) is 77.9 Å². The minimum absolute atomic E-state index is 0.118. The topological polar surface area (TPSA) is 78.7 Å². The number of methoxy groups -OCH3 is 3. The molecule has 0 aliphatic carbocycles. The number of amides is 1. The fraction of sp³-hybridized carbons (Fsp3) is 0.323. The molecule has 8 nitrogen and oxygen atoms in total. The van der Waals surface area contributed by atoms with E-state index >= 15 is 0 Å². The fourth-order valence-corrected chi connectivity index (χ4v) is 5.20. The number of rotatable bonds is 13. The number of para-hydroxylation sites is 2. The Morgan fingerprint density at radius 3 is 2.35 bits per heavy atom. The summed E-state index contributed by atoms with van der Waals surface area (Å²) in [5, 5.41) is 9.80. The maximum atomic E-state index is 12.8. The van der Waals surface area contributed by atoms with Crippen LogP contribution in [0.5, 0.6) is 17.2 Å². The van der Waals surface area contributed by atoms with Gasteiger partial charge in [0.25, 0.3) is 0 Å². The molecule has 0 atom stereocenters. The van der Waals surface area contributed by atoms with E-state index < -0.39 is 0 Å². The van der Waals surface area contributed by atoms with Crippen LogP contribution < -0.4 is 14.2 Å². The molecule has 4 aromatic rings. The van der Waals surface area contributed by atoms with E-state index in [1.165, 1.54) is 5.56 Å². The highest BCUT2D eigenvalue weighted by molar-refractivity contribution is 7.99. The molecule has 0 saturated heterocycles.